The number of hydrogen-bond donors (Lipinski definition) is 0. The number of aromatic nitrogens is 3. The fourth-order valence-corrected chi connectivity index (χ4v) is 3.24. The molecule has 6 heteroatoms. The number of pyridine rings is 1. The van der Waals surface area contributed by atoms with Crippen molar-refractivity contribution < 1.29 is 4.79 Å². The molecule has 1 fully saturated rings. The van der Waals surface area contributed by atoms with Gasteiger partial charge >= 0.3 is 0 Å². The third-order valence-electron chi connectivity index (χ3n) is 4.51. The van der Waals surface area contributed by atoms with Gasteiger partial charge in [0.1, 0.15) is 5.82 Å². The van der Waals surface area contributed by atoms with Crippen LogP contribution in [0.15, 0.2) is 30.6 Å². The molecule has 3 rings (SSSR count). The monoisotopic (exact) mass is 327 g/mol. The highest BCUT2D eigenvalue weighted by molar-refractivity contribution is 5.77. The van der Waals surface area contributed by atoms with Crippen LogP contribution >= 0.6 is 0 Å². The van der Waals surface area contributed by atoms with Gasteiger partial charge in [-0.25, -0.2) is 4.98 Å². The third kappa shape index (κ3) is 3.58. The molecule has 1 amide bonds. The molecule has 0 bridgehead atoms. The molecule has 128 valence electrons. The molecule has 0 saturated carbocycles. The highest BCUT2D eigenvalue weighted by Gasteiger charge is 2.29. The Morgan fingerprint density at radius 2 is 2.21 bits per heavy atom. The molecule has 2 aromatic rings. The van der Waals surface area contributed by atoms with Crippen molar-refractivity contribution >= 4 is 11.7 Å². The van der Waals surface area contributed by atoms with Gasteiger partial charge in [0.05, 0.1) is 11.7 Å². The van der Waals surface area contributed by atoms with Crippen LogP contribution in [0.2, 0.25) is 0 Å². The summed E-state index contributed by atoms with van der Waals surface area (Å²) in [7, 11) is 3.96. The maximum atomic E-state index is 12.7. The summed E-state index contributed by atoms with van der Waals surface area (Å²) in [6.45, 7) is 3.43. The molecule has 2 aromatic heterocycles. The second-order valence-corrected chi connectivity index (χ2v) is 6.56. The zero-order chi connectivity index (χ0) is 17.1. The number of nitrogens with zero attached hydrogens (tertiary/aromatic N) is 5. The normalized spacial score (nSPS) is 17.3. The molecule has 0 N–H and O–H groups in total. The summed E-state index contributed by atoms with van der Waals surface area (Å²) in [5.74, 6) is 1.13. The second kappa shape index (κ2) is 7.03. The predicted octanol–water partition coefficient (Wildman–Crippen LogP) is 2.41. The van der Waals surface area contributed by atoms with E-state index in [-0.39, 0.29) is 11.9 Å². The Morgan fingerprint density at radius 3 is 2.92 bits per heavy atom. The van der Waals surface area contributed by atoms with Gasteiger partial charge in [-0.3, -0.25) is 9.48 Å². The number of likely N-dealkylation sites (tertiary alicyclic amines) is 1. The zero-order valence-electron chi connectivity index (χ0n) is 14.6. The highest BCUT2D eigenvalue weighted by atomic mass is 16.2. The summed E-state index contributed by atoms with van der Waals surface area (Å²) in [6, 6.07) is 6.24. The Kier molecular flexibility index (Phi) is 4.83. The van der Waals surface area contributed by atoms with Crippen LogP contribution in [0.1, 0.15) is 36.6 Å². The molecule has 24 heavy (non-hydrogen) atoms. The molecule has 0 spiro atoms. The molecular weight excluding hydrogens is 302 g/mol. The van der Waals surface area contributed by atoms with E-state index in [1.54, 1.807) is 0 Å². The van der Waals surface area contributed by atoms with Gasteiger partial charge in [0.15, 0.2) is 0 Å². The van der Waals surface area contributed by atoms with Crippen molar-refractivity contribution in [2.45, 2.75) is 38.8 Å². The van der Waals surface area contributed by atoms with E-state index < -0.39 is 0 Å². The average Bonchev–Trinajstić information content (AvgIpc) is 3.21. The summed E-state index contributed by atoms with van der Waals surface area (Å²) in [5.41, 5.74) is 2.16. The fraction of sp³-hybridized carbons (Fsp3) is 0.500. The summed E-state index contributed by atoms with van der Waals surface area (Å²) in [5, 5.41) is 4.35. The lowest BCUT2D eigenvalue weighted by molar-refractivity contribution is -0.132. The van der Waals surface area contributed by atoms with Gasteiger partial charge in [0.2, 0.25) is 5.91 Å². The molecule has 1 aliphatic heterocycles. The number of rotatable bonds is 5. The summed E-state index contributed by atoms with van der Waals surface area (Å²) >= 11 is 0. The van der Waals surface area contributed by atoms with Crippen molar-refractivity contribution in [2.75, 3.05) is 25.5 Å². The largest absolute Gasteiger partial charge is 0.363 e. The number of carbonyl (C=O) groups is 1. The first-order chi connectivity index (χ1) is 11.5. The number of carbonyl (C=O) groups excluding carboxylic acids is 1. The topological polar surface area (TPSA) is 54.3 Å². The van der Waals surface area contributed by atoms with E-state index in [0.717, 1.165) is 30.9 Å². The maximum Gasteiger partial charge on any atom is 0.224 e. The standard InChI is InChI=1S/C18H25N5O/c1-14-7-11-22(20-14)12-8-18(24)23-10-4-5-16(23)15-6-9-19-17(13-15)21(2)3/h6-7,9,11,13,16H,4-5,8,10,12H2,1-3H3/t16-/m0/s1. The summed E-state index contributed by atoms with van der Waals surface area (Å²) in [4.78, 5) is 21.1. The van der Waals surface area contributed by atoms with E-state index in [4.69, 9.17) is 0 Å². The first-order valence-electron chi connectivity index (χ1n) is 8.47. The SMILES string of the molecule is Cc1ccn(CCC(=O)N2CCC[C@H]2c2ccnc(N(C)C)c2)n1. The van der Waals surface area contributed by atoms with Crippen molar-refractivity contribution in [1.29, 1.82) is 0 Å². The van der Waals surface area contributed by atoms with Crippen molar-refractivity contribution in [3.63, 3.8) is 0 Å². The lowest BCUT2D eigenvalue weighted by atomic mass is 10.1. The first-order valence-corrected chi connectivity index (χ1v) is 8.47. The van der Waals surface area contributed by atoms with Crippen molar-refractivity contribution in [2.24, 2.45) is 0 Å². The minimum Gasteiger partial charge on any atom is -0.363 e. The van der Waals surface area contributed by atoms with Crippen LogP contribution in [-0.2, 0) is 11.3 Å². The highest BCUT2D eigenvalue weighted by Crippen LogP contribution is 2.33. The summed E-state index contributed by atoms with van der Waals surface area (Å²) < 4.78 is 1.84. The Balaban J connectivity index is 1.68. The first kappa shape index (κ1) is 16.5. The Labute approximate surface area is 143 Å². The van der Waals surface area contributed by atoms with Gasteiger partial charge in [-0.15, -0.1) is 0 Å². The van der Waals surface area contributed by atoms with Gasteiger partial charge in [-0.2, -0.15) is 5.10 Å². The summed E-state index contributed by atoms with van der Waals surface area (Å²) in [6.07, 6.45) is 6.32. The van der Waals surface area contributed by atoms with Crippen molar-refractivity contribution in [1.82, 2.24) is 19.7 Å². The molecule has 0 aliphatic carbocycles. The van der Waals surface area contributed by atoms with Crippen molar-refractivity contribution in [3.05, 3.63) is 41.9 Å². The molecule has 1 atom stereocenters. The van der Waals surface area contributed by atoms with E-state index in [2.05, 4.69) is 16.1 Å². The number of anilines is 1. The van der Waals surface area contributed by atoms with Crippen molar-refractivity contribution in [3.8, 4) is 0 Å². The zero-order valence-corrected chi connectivity index (χ0v) is 14.6. The van der Waals surface area contributed by atoms with Crippen LogP contribution in [0.25, 0.3) is 0 Å². The smallest absolute Gasteiger partial charge is 0.224 e. The molecule has 0 unspecified atom stereocenters. The fourth-order valence-electron chi connectivity index (χ4n) is 3.24. The Bertz CT molecular complexity index is 709. The number of amides is 1. The molecule has 1 saturated heterocycles. The van der Waals surface area contributed by atoms with E-state index in [1.807, 2.05) is 60.0 Å². The quantitative estimate of drug-likeness (QED) is 0.846. The molecule has 3 heterocycles. The van der Waals surface area contributed by atoms with Crippen LogP contribution in [0.4, 0.5) is 5.82 Å². The molecule has 1 aliphatic rings. The van der Waals surface area contributed by atoms with Crippen LogP contribution in [0.5, 0.6) is 0 Å². The maximum absolute atomic E-state index is 12.7. The van der Waals surface area contributed by atoms with Crippen LogP contribution in [0, 0.1) is 6.92 Å². The second-order valence-electron chi connectivity index (χ2n) is 6.56. The van der Waals surface area contributed by atoms with Gasteiger partial charge in [-0.05, 0) is 43.5 Å². The average molecular weight is 327 g/mol. The van der Waals surface area contributed by atoms with Gasteiger partial charge in [0.25, 0.3) is 0 Å². The number of aryl methyl sites for hydroxylation is 2. The molecular formula is C18H25N5O. The van der Waals surface area contributed by atoms with E-state index in [9.17, 15) is 4.79 Å². The minimum absolute atomic E-state index is 0.165. The molecule has 0 aromatic carbocycles. The lowest BCUT2D eigenvalue weighted by Gasteiger charge is -2.26. The number of hydrogen-bond acceptors (Lipinski definition) is 4. The van der Waals surface area contributed by atoms with E-state index in [0.29, 0.717) is 13.0 Å². The van der Waals surface area contributed by atoms with Crippen LogP contribution < -0.4 is 4.90 Å². The van der Waals surface area contributed by atoms with E-state index in [1.165, 1.54) is 5.56 Å². The van der Waals surface area contributed by atoms with E-state index >= 15 is 0 Å². The lowest BCUT2D eigenvalue weighted by Crippen LogP contribution is -2.31. The molecule has 6 nitrogen and oxygen atoms in total. The van der Waals surface area contributed by atoms with Gasteiger partial charge < -0.3 is 9.80 Å². The van der Waals surface area contributed by atoms with Crippen LogP contribution in [-0.4, -0.2) is 46.2 Å². The van der Waals surface area contributed by atoms with Gasteiger partial charge in [-0.1, -0.05) is 0 Å². The molecule has 0 radical (unpaired) electrons. The Hall–Kier alpha value is -2.37. The van der Waals surface area contributed by atoms with Crippen LogP contribution in [0.3, 0.4) is 0 Å². The Morgan fingerprint density at radius 1 is 1.38 bits per heavy atom. The van der Waals surface area contributed by atoms with Gasteiger partial charge in [0, 0.05) is 46.0 Å². The predicted molar refractivity (Wildman–Crippen MR) is 93.8 cm³/mol. The third-order valence-corrected chi connectivity index (χ3v) is 4.51. The minimum atomic E-state index is 0.165.